The van der Waals surface area contributed by atoms with Crippen molar-refractivity contribution in [1.29, 1.82) is 0 Å². The fraction of sp³-hybridized carbons (Fsp3) is 0.667. The van der Waals surface area contributed by atoms with E-state index < -0.39 is 0 Å². The molecule has 1 saturated heterocycles. The lowest BCUT2D eigenvalue weighted by molar-refractivity contribution is 0.245. The Morgan fingerprint density at radius 1 is 1.19 bits per heavy atom. The Balaban J connectivity index is 0.00000261. The summed E-state index contributed by atoms with van der Waals surface area (Å²) in [5.41, 5.74) is 1.40. The van der Waals surface area contributed by atoms with E-state index in [-0.39, 0.29) is 24.0 Å². The van der Waals surface area contributed by atoms with Crippen molar-refractivity contribution in [2.24, 2.45) is 4.99 Å². The van der Waals surface area contributed by atoms with Gasteiger partial charge in [0.05, 0.1) is 0 Å². The van der Waals surface area contributed by atoms with Crippen LogP contribution in [0.25, 0.3) is 0 Å². The van der Waals surface area contributed by atoms with Crippen molar-refractivity contribution >= 4 is 29.9 Å². The molecule has 1 heterocycles. The fourth-order valence-electron chi connectivity index (χ4n) is 3.94. The molecule has 6 heteroatoms. The van der Waals surface area contributed by atoms with Crippen molar-refractivity contribution in [1.82, 2.24) is 20.4 Å². The molecule has 0 aromatic heterocycles. The maximum Gasteiger partial charge on any atom is 0.191 e. The van der Waals surface area contributed by atoms with Crippen molar-refractivity contribution in [2.75, 3.05) is 39.8 Å². The highest BCUT2D eigenvalue weighted by Gasteiger charge is 2.27. The van der Waals surface area contributed by atoms with E-state index >= 15 is 0 Å². The average Bonchev–Trinajstić information content (AvgIpc) is 3.42. The van der Waals surface area contributed by atoms with Gasteiger partial charge in [-0.3, -0.25) is 14.8 Å². The number of nitrogens with one attached hydrogen (secondary N) is 2. The first-order valence-corrected chi connectivity index (χ1v) is 10.3. The Bertz CT molecular complexity index is 561. The first kappa shape index (κ1) is 22.4. The number of guanidine groups is 1. The molecular formula is C21H36IN5. The third-order valence-corrected chi connectivity index (χ3v) is 5.62. The average molecular weight is 485 g/mol. The quantitative estimate of drug-likeness (QED) is 0.321. The Labute approximate surface area is 182 Å². The molecule has 1 saturated carbocycles. The summed E-state index contributed by atoms with van der Waals surface area (Å²) in [6.45, 7) is 8.67. The minimum absolute atomic E-state index is 0. The van der Waals surface area contributed by atoms with E-state index in [9.17, 15) is 0 Å². The van der Waals surface area contributed by atoms with Gasteiger partial charge in [-0.15, -0.1) is 24.0 Å². The van der Waals surface area contributed by atoms with Gasteiger partial charge in [0.15, 0.2) is 5.96 Å². The standard InChI is InChI=1S/C21H35N5.HI/c1-3-25(19-11-12-19)15-13-23-21(22-2)24-16-20-10-7-14-26(20)17-18-8-5-4-6-9-18;/h4-6,8-9,19-20H,3,7,10-17H2,1-2H3,(H2,22,23,24);1H. The molecule has 0 radical (unpaired) electrons. The summed E-state index contributed by atoms with van der Waals surface area (Å²) in [5, 5.41) is 7.03. The molecule has 0 amide bonds. The molecule has 152 valence electrons. The van der Waals surface area contributed by atoms with Crippen LogP contribution in [0.4, 0.5) is 0 Å². The largest absolute Gasteiger partial charge is 0.355 e. The zero-order valence-electron chi connectivity index (χ0n) is 16.9. The minimum atomic E-state index is 0. The zero-order valence-corrected chi connectivity index (χ0v) is 19.2. The molecule has 5 nitrogen and oxygen atoms in total. The van der Waals surface area contributed by atoms with Crippen LogP contribution < -0.4 is 10.6 Å². The summed E-state index contributed by atoms with van der Waals surface area (Å²) < 4.78 is 0. The number of aliphatic imine (C=N–C) groups is 1. The molecule has 1 aliphatic carbocycles. The van der Waals surface area contributed by atoms with Gasteiger partial charge in [-0.1, -0.05) is 37.3 Å². The van der Waals surface area contributed by atoms with Crippen LogP contribution in [0.1, 0.15) is 38.2 Å². The predicted molar refractivity (Wildman–Crippen MR) is 125 cm³/mol. The Kier molecular flexibility index (Phi) is 9.86. The summed E-state index contributed by atoms with van der Waals surface area (Å²) in [5.74, 6) is 0.934. The van der Waals surface area contributed by atoms with Crippen molar-refractivity contribution in [3.63, 3.8) is 0 Å². The second-order valence-corrected chi connectivity index (χ2v) is 7.49. The van der Waals surface area contributed by atoms with Crippen LogP contribution in [-0.2, 0) is 6.54 Å². The van der Waals surface area contributed by atoms with Gasteiger partial charge in [0.2, 0.25) is 0 Å². The second-order valence-electron chi connectivity index (χ2n) is 7.49. The van der Waals surface area contributed by atoms with Crippen molar-refractivity contribution < 1.29 is 0 Å². The number of likely N-dealkylation sites (N-methyl/N-ethyl adjacent to an activating group) is 1. The van der Waals surface area contributed by atoms with Gasteiger partial charge in [0.1, 0.15) is 0 Å². The molecule has 2 fully saturated rings. The SMILES string of the molecule is CCN(CCNC(=NC)NCC1CCCN1Cc1ccccc1)C1CC1.I. The van der Waals surface area contributed by atoms with Crippen LogP contribution in [0.2, 0.25) is 0 Å². The van der Waals surface area contributed by atoms with E-state index in [0.717, 1.165) is 44.7 Å². The van der Waals surface area contributed by atoms with Crippen LogP contribution in [0.3, 0.4) is 0 Å². The normalized spacial score (nSPS) is 20.6. The molecule has 1 aromatic carbocycles. The lowest BCUT2D eigenvalue weighted by Gasteiger charge is -2.26. The van der Waals surface area contributed by atoms with E-state index in [0.29, 0.717) is 6.04 Å². The predicted octanol–water partition coefficient (Wildman–Crippen LogP) is 2.92. The topological polar surface area (TPSA) is 42.9 Å². The Morgan fingerprint density at radius 2 is 1.96 bits per heavy atom. The molecule has 1 aromatic rings. The summed E-state index contributed by atoms with van der Waals surface area (Å²) in [7, 11) is 1.87. The molecule has 2 aliphatic rings. The highest BCUT2D eigenvalue weighted by molar-refractivity contribution is 14.0. The number of benzene rings is 1. The van der Waals surface area contributed by atoms with Crippen molar-refractivity contribution in [3.05, 3.63) is 35.9 Å². The highest BCUT2D eigenvalue weighted by atomic mass is 127. The molecule has 3 rings (SSSR count). The van der Waals surface area contributed by atoms with Crippen LogP contribution >= 0.6 is 24.0 Å². The lowest BCUT2D eigenvalue weighted by Crippen LogP contribution is -2.46. The first-order chi connectivity index (χ1) is 12.8. The third kappa shape index (κ3) is 7.23. The van der Waals surface area contributed by atoms with Crippen molar-refractivity contribution in [3.8, 4) is 0 Å². The molecule has 0 spiro atoms. The minimum Gasteiger partial charge on any atom is -0.355 e. The van der Waals surface area contributed by atoms with Gasteiger partial charge in [-0.05, 0) is 44.3 Å². The van der Waals surface area contributed by atoms with Gasteiger partial charge >= 0.3 is 0 Å². The summed E-state index contributed by atoms with van der Waals surface area (Å²) in [6, 6.07) is 12.2. The molecule has 1 unspecified atom stereocenters. The molecule has 2 N–H and O–H groups in total. The van der Waals surface area contributed by atoms with Gasteiger partial charge in [-0.2, -0.15) is 0 Å². The summed E-state index contributed by atoms with van der Waals surface area (Å²) in [6.07, 6.45) is 5.31. The Morgan fingerprint density at radius 3 is 2.63 bits per heavy atom. The molecule has 0 bridgehead atoms. The molecule has 1 atom stereocenters. The molecular weight excluding hydrogens is 449 g/mol. The van der Waals surface area contributed by atoms with E-state index in [1.165, 1.54) is 37.8 Å². The number of hydrogen-bond acceptors (Lipinski definition) is 3. The van der Waals surface area contributed by atoms with E-state index in [1.54, 1.807) is 0 Å². The lowest BCUT2D eigenvalue weighted by atomic mass is 10.2. The summed E-state index contributed by atoms with van der Waals surface area (Å²) >= 11 is 0. The monoisotopic (exact) mass is 485 g/mol. The second kappa shape index (κ2) is 11.9. The molecule has 1 aliphatic heterocycles. The maximum absolute atomic E-state index is 4.40. The van der Waals surface area contributed by atoms with Crippen LogP contribution in [-0.4, -0.2) is 67.6 Å². The fourth-order valence-corrected chi connectivity index (χ4v) is 3.94. The van der Waals surface area contributed by atoms with Gasteiger partial charge < -0.3 is 10.6 Å². The van der Waals surface area contributed by atoms with Crippen molar-refractivity contribution in [2.45, 2.75) is 51.2 Å². The number of hydrogen-bond donors (Lipinski definition) is 2. The number of likely N-dealkylation sites (tertiary alicyclic amines) is 1. The smallest absolute Gasteiger partial charge is 0.191 e. The number of nitrogens with zero attached hydrogens (tertiary/aromatic N) is 3. The maximum atomic E-state index is 4.40. The zero-order chi connectivity index (χ0) is 18.2. The van der Waals surface area contributed by atoms with Crippen LogP contribution in [0.15, 0.2) is 35.3 Å². The van der Waals surface area contributed by atoms with Gasteiger partial charge in [-0.25, -0.2) is 0 Å². The third-order valence-electron chi connectivity index (χ3n) is 5.62. The van der Waals surface area contributed by atoms with E-state index in [1.807, 2.05) is 7.05 Å². The molecule has 27 heavy (non-hydrogen) atoms. The number of halogens is 1. The van der Waals surface area contributed by atoms with Crippen LogP contribution in [0.5, 0.6) is 0 Å². The Hall–Kier alpha value is -0.860. The van der Waals surface area contributed by atoms with Gasteiger partial charge in [0, 0.05) is 45.3 Å². The first-order valence-electron chi connectivity index (χ1n) is 10.3. The van der Waals surface area contributed by atoms with E-state index in [2.05, 4.69) is 62.7 Å². The van der Waals surface area contributed by atoms with Gasteiger partial charge in [0.25, 0.3) is 0 Å². The number of rotatable bonds is 9. The van der Waals surface area contributed by atoms with Crippen LogP contribution in [0, 0.1) is 0 Å². The highest BCUT2D eigenvalue weighted by Crippen LogP contribution is 2.25. The summed E-state index contributed by atoms with van der Waals surface area (Å²) in [4.78, 5) is 9.57. The van der Waals surface area contributed by atoms with E-state index in [4.69, 9.17) is 0 Å².